The van der Waals surface area contributed by atoms with Gasteiger partial charge in [-0.1, -0.05) is 13.8 Å². The molecule has 1 rings (SSSR count). The van der Waals surface area contributed by atoms with Crippen molar-refractivity contribution in [2.75, 3.05) is 26.7 Å². The summed E-state index contributed by atoms with van der Waals surface area (Å²) in [7, 11) is 1.77. The summed E-state index contributed by atoms with van der Waals surface area (Å²) in [4.78, 5) is 26.7. The summed E-state index contributed by atoms with van der Waals surface area (Å²) in [6.45, 7) is 5.74. The van der Waals surface area contributed by atoms with E-state index in [1.807, 2.05) is 0 Å². The predicted molar refractivity (Wildman–Crippen MR) is 78.1 cm³/mol. The minimum absolute atomic E-state index is 0. The SMILES string of the molecule is CC(C)C(N)CCN(C)C(=O)CN1CCCC1=O.Cl. The van der Waals surface area contributed by atoms with E-state index in [9.17, 15) is 9.59 Å². The summed E-state index contributed by atoms with van der Waals surface area (Å²) in [6.07, 6.45) is 2.25. The summed E-state index contributed by atoms with van der Waals surface area (Å²) >= 11 is 0. The fourth-order valence-corrected chi connectivity index (χ4v) is 1.96. The molecule has 0 bridgehead atoms. The molecule has 1 aliphatic heterocycles. The van der Waals surface area contributed by atoms with Gasteiger partial charge < -0.3 is 15.5 Å². The average molecular weight is 292 g/mol. The zero-order chi connectivity index (χ0) is 13.7. The van der Waals surface area contributed by atoms with Crippen LogP contribution in [0.25, 0.3) is 0 Å². The van der Waals surface area contributed by atoms with Crippen molar-refractivity contribution in [3.63, 3.8) is 0 Å². The summed E-state index contributed by atoms with van der Waals surface area (Å²) in [5.41, 5.74) is 5.95. The second-order valence-corrected chi connectivity index (χ2v) is 5.43. The van der Waals surface area contributed by atoms with Gasteiger partial charge in [-0.3, -0.25) is 9.59 Å². The molecule has 0 aromatic rings. The lowest BCUT2D eigenvalue weighted by Gasteiger charge is -2.24. The lowest BCUT2D eigenvalue weighted by molar-refractivity contribution is -0.137. The number of nitrogens with two attached hydrogens (primary N) is 1. The second-order valence-electron chi connectivity index (χ2n) is 5.43. The molecule has 112 valence electrons. The lowest BCUT2D eigenvalue weighted by atomic mass is 10.0. The van der Waals surface area contributed by atoms with Crippen LogP contribution in [0.1, 0.15) is 33.1 Å². The number of likely N-dealkylation sites (N-methyl/N-ethyl adjacent to an activating group) is 1. The molecule has 1 heterocycles. The minimum Gasteiger partial charge on any atom is -0.344 e. The minimum atomic E-state index is 0. The van der Waals surface area contributed by atoms with E-state index in [1.165, 1.54) is 0 Å². The van der Waals surface area contributed by atoms with Gasteiger partial charge in [-0.2, -0.15) is 0 Å². The van der Waals surface area contributed by atoms with Crippen molar-refractivity contribution in [2.24, 2.45) is 11.7 Å². The van der Waals surface area contributed by atoms with Gasteiger partial charge in [0, 0.05) is 32.6 Å². The average Bonchev–Trinajstić information content (AvgIpc) is 2.71. The molecule has 2 amide bonds. The number of likely N-dealkylation sites (tertiary alicyclic amines) is 1. The van der Waals surface area contributed by atoms with E-state index in [0.29, 0.717) is 25.4 Å². The Bertz CT molecular complexity index is 310. The van der Waals surface area contributed by atoms with Crippen LogP contribution >= 0.6 is 12.4 Å². The molecule has 0 radical (unpaired) electrons. The van der Waals surface area contributed by atoms with Crippen molar-refractivity contribution in [3.8, 4) is 0 Å². The first kappa shape index (κ1) is 18.2. The largest absolute Gasteiger partial charge is 0.344 e. The Morgan fingerprint density at radius 1 is 1.47 bits per heavy atom. The standard InChI is InChI=1S/C13H25N3O2.ClH/c1-10(2)11(14)6-8-15(3)13(18)9-16-7-4-5-12(16)17;/h10-11H,4-9,14H2,1-3H3;1H. The van der Waals surface area contributed by atoms with Crippen molar-refractivity contribution in [3.05, 3.63) is 0 Å². The monoisotopic (exact) mass is 291 g/mol. The van der Waals surface area contributed by atoms with Gasteiger partial charge in [0.1, 0.15) is 0 Å². The first-order valence-electron chi connectivity index (χ1n) is 6.69. The Hall–Kier alpha value is -0.810. The van der Waals surface area contributed by atoms with E-state index < -0.39 is 0 Å². The number of hydrogen-bond donors (Lipinski definition) is 1. The molecule has 6 heteroatoms. The number of carbonyl (C=O) groups is 2. The normalized spacial score (nSPS) is 16.5. The van der Waals surface area contributed by atoms with Crippen LogP contribution < -0.4 is 5.73 Å². The van der Waals surface area contributed by atoms with E-state index >= 15 is 0 Å². The Kier molecular flexibility index (Phi) is 8.02. The Morgan fingerprint density at radius 3 is 2.58 bits per heavy atom. The van der Waals surface area contributed by atoms with Gasteiger partial charge in [0.15, 0.2) is 0 Å². The highest BCUT2D eigenvalue weighted by atomic mass is 35.5. The molecule has 1 saturated heterocycles. The molecule has 5 nitrogen and oxygen atoms in total. The van der Waals surface area contributed by atoms with E-state index in [1.54, 1.807) is 16.8 Å². The van der Waals surface area contributed by atoms with Crippen LogP contribution in [0.2, 0.25) is 0 Å². The fraction of sp³-hybridized carbons (Fsp3) is 0.846. The number of rotatable bonds is 6. The number of nitrogens with zero attached hydrogens (tertiary/aromatic N) is 2. The highest BCUT2D eigenvalue weighted by Crippen LogP contribution is 2.10. The van der Waals surface area contributed by atoms with Crippen molar-refractivity contribution in [1.29, 1.82) is 0 Å². The fourth-order valence-electron chi connectivity index (χ4n) is 1.96. The van der Waals surface area contributed by atoms with Gasteiger partial charge in [0.25, 0.3) is 0 Å². The summed E-state index contributed by atoms with van der Waals surface area (Å²) in [6, 6.07) is 0.119. The number of halogens is 1. The summed E-state index contributed by atoms with van der Waals surface area (Å²) in [5.74, 6) is 0.519. The molecule has 1 atom stereocenters. The Labute approximate surface area is 121 Å². The van der Waals surface area contributed by atoms with Crippen molar-refractivity contribution >= 4 is 24.2 Å². The third kappa shape index (κ3) is 5.78. The van der Waals surface area contributed by atoms with Gasteiger partial charge >= 0.3 is 0 Å². The van der Waals surface area contributed by atoms with Gasteiger partial charge in [0.2, 0.25) is 11.8 Å². The molecule has 0 saturated carbocycles. The van der Waals surface area contributed by atoms with Gasteiger partial charge in [-0.05, 0) is 18.8 Å². The predicted octanol–water partition coefficient (Wildman–Crippen LogP) is 0.862. The molecular weight excluding hydrogens is 266 g/mol. The third-order valence-electron chi connectivity index (χ3n) is 3.58. The van der Waals surface area contributed by atoms with Crippen molar-refractivity contribution in [2.45, 2.75) is 39.2 Å². The van der Waals surface area contributed by atoms with Gasteiger partial charge in [-0.15, -0.1) is 12.4 Å². The highest BCUT2D eigenvalue weighted by molar-refractivity contribution is 5.86. The molecule has 0 spiro atoms. The Balaban J connectivity index is 0.00000324. The molecular formula is C13H26ClN3O2. The summed E-state index contributed by atoms with van der Waals surface area (Å²) in [5, 5.41) is 0. The molecule has 19 heavy (non-hydrogen) atoms. The maximum absolute atomic E-state index is 11.9. The van der Waals surface area contributed by atoms with Gasteiger partial charge in [-0.25, -0.2) is 0 Å². The zero-order valence-electron chi connectivity index (χ0n) is 12.1. The summed E-state index contributed by atoms with van der Waals surface area (Å²) < 4.78 is 0. The van der Waals surface area contributed by atoms with Crippen LogP contribution in [0.3, 0.4) is 0 Å². The van der Waals surface area contributed by atoms with Crippen molar-refractivity contribution < 1.29 is 9.59 Å². The maximum atomic E-state index is 11.9. The maximum Gasteiger partial charge on any atom is 0.241 e. The molecule has 1 aliphatic rings. The lowest BCUT2D eigenvalue weighted by Crippen LogP contribution is -2.41. The number of hydrogen-bond acceptors (Lipinski definition) is 3. The highest BCUT2D eigenvalue weighted by Gasteiger charge is 2.23. The van der Waals surface area contributed by atoms with Crippen LogP contribution in [0.5, 0.6) is 0 Å². The first-order chi connectivity index (χ1) is 8.41. The van der Waals surface area contributed by atoms with Crippen molar-refractivity contribution in [1.82, 2.24) is 9.80 Å². The quantitative estimate of drug-likeness (QED) is 0.789. The second kappa shape index (κ2) is 8.38. The molecule has 0 aliphatic carbocycles. The molecule has 2 N–H and O–H groups in total. The van der Waals surface area contributed by atoms with E-state index in [-0.39, 0.29) is 36.8 Å². The van der Waals surface area contributed by atoms with Gasteiger partial charge in [0.05, 0.1) is 6.54 Å². The molecule has 0 aromatic heterocycles. The third-order valence-corrected chi connectivity index (χ3v) is 3.58. The molecule has 1 unspecified atom stereocenters. The zero-order valence-corrected chi connectivity index (χ0v) is 12.9. The van der Waals surface area contributed by atoms with Crippen LogP contribution in [-0.2, 0) is 9.59 Å². The first-order valence-corrected chi connectivity index (χ1v) is 6.69. The van der Waals surface area contributed by atoms with Crippen LogP contribution in [0, 0.1) is 5.92 Å². The topological polar surface area (TPSA) is 66.6 Å². The van der Waals surface area contributed by atoms with Crippen LogP contribution in [0.15, 0.2) is 0 Å². The van der Waals surface area contributed by atoms with Crippen LogP contribution in [-0.4, -0.2) is 54.3 Å². The smallest absolute Gasteiger partial charge is 0.241 e. The molecule has 1 fully saturated rings. The molecule has 0 aromatic carbocycles. The number of carbonyl (C=O) groups excluding carboxylic acids is 2. The number of amides is 2. The Morgan fingerprint density at radius 2 is 2.11 bits per heavy atom. The van der Waals surface area contributed by atoms with E-state index in [0.717, 1.165) is 12.8 Å². The van der Waals surface area contributed by atoms with Crippen LogP contribution in [0.4, 0.5) is 0 Å². The van der Waals surface area contributed by atoms with E-state index in [4.69, 9.17) is 5.73 Å². The van der Waals surface area contributed by atoms with E-state index in [2.05, 4.69) is 13.8 Å².